The molecule has 1 heterocycles. The second-order valence-electron chi connectivity index (χ2n) is 29.0. The number of nitrogens with one attached hydrogen (secondary N) is 3. The first-order chi connectivity index (χ1) is 52.7. The molecule has 0 aliphatic rings. The normalized spacial score (nSPS) is 14.2. The van der Waals surface area contributed by atoms with Gasteiger partial charge < -0.3 is 104 Å². The maximum atomic E-state index is 14.4. The highest BCUT2D eigenvalue weighted by Crippen LogP contribution is 2.33. The summed E-state index contributed by atoms with van der Waals surface area (Å²) in [5.41, 5.74) is -1.98. The van der Waals surface area contributed by atoms with Gasteiger partial charge in [-0.1, -0.05) is 118 Å². The number of nitrogens with zero attached hydrogens (tertiary/aromatic N) is 6. The Morgan fingerprint density at radius 2 is 0.773 bits per heavy atom. The van der Waals surface area contributed by atoms with E-state index in [-0.39, 0.29) is 95.8 Å². The molecule has 1 aromatic heterocycles. The van der Waals surface area contributed by atoms with Crippen molar-refractivity contribution in [2.75, 3.05) is 156 Å². The molecule has 0 aliphatic heterocycles. The Balaban J connectivity index is 3.32. The van der Waals surface area contributed by atoms with Crippen molar-refractivity contribution in [1.82, 2.24) is 39.8 Å². The van der Waals surface area contributed by atoms with E-state index < -0.39 is 79.1 Å². The standard InChI is InChI=1S/C75H149N9O23Si3/c1-17-22-42-74(6,40-20-4)66(88)105-61-64(86)58-81(49-38-55-109(98-11,99-12)100-13)69(91)76-44-31-25-26-34-47-79-71-83(51-35-29-27-32-45-77-68(90)80(57-63(85)60-104-53-24-19-3)48-37-54-108(95-8,96-9)97-10)72(93)84(73(94)107-71)52-36-30-28-33-46-78-70(92)82(50-39-56-110(101-14,102-15)103-16)59-65(87)62-106-67(89)75(7,41-21-5)43-23-18-2/h63-65,85-87H,17-62H2,1-16H3,(H,76,91)(H,77,90)(H,78,92). The molecule has 5 unspecified atom stereocenters. The zero-order valence-electron chi connectivity index (χ0n) is 70.4. The van der Waals surface area contributed by atoms with Gasteiger partial charge in [0.05, 0.1) is 43.2 Å². The SMILES string of the molecule is CCCCOCC(O)CN(CCC[Si](OC)(OC)OC)C(=O)NCCCCCCn1c(=NCCCCCCNC(=O)N(CCC[Si](OC)(OC)OC)CC(O)COC(=O)C(C)(CCC)CCCC)oc(=O)n(CCCCCCNC(=O)N(CCC[Si](OC)(OC)OC)CC(O)COC(=O)C(C)(CCC)CCCC)c1=O. The molecule has 32 nitrogen and oxygen atoms in total. The summed E-state index contributed by atoms with van der Waals surface area (Å²) in [5.74, 6) is -1.56. The van der Waals surface area contributed by atoms with E-state index in [2.05, 4.69) is 41.7 Å². The summed E-state index contributed by atoms with van der Waals surface area (Å²) in [6.45, 7) is 16.3. The van der Waals surface area contributed by atoms with Crippen LogP contribution in [0.1, 0.15) is 222 Å². The lowest BCUT2D eigenvalue weighted by atomic mass is 9.81. The van der Waals surface area contributed by atoms with Gasteiger partial charge in [-0.2, -0.15) is 0 Å². The minimum absolute atomic E-state index is 0.0624. The van der Waals surface area contributed by atoms with Crippen LogP contribution in [0.3, 0.4) is 0 Å². The van der Waals surface area contributed by atoms with Gasteiger partial charge in [0.15, 0.2) is 0 Å². The number of hydrogen-bond donors (Lipinski definition) is 6. The van der Waals surface area contributed by atoms with Crippen molar-refractivity contribution in [3.63, 3.8) is 0 Å². The van der Waals surface area contributed by atoms with Crippen molar-refractivity contribution in [3.8, 4) is 0 Å². The van der Waals surface area contributed by atoms with Gasteiger partial charge in [-0.05, 0) is 104 Å². The molecule has 1 rings (SSSR count). The first-order valence-electron chi connectivity index (χ1n) is 40.6. The molecular formula is C75H149N9O23Si3. The Bertz CT molecular complexity index is 2800. The quantitative estimate of drug-likeness (QED) is 0.0201. The summed E-state index contributed by atoms with van der Waals surface area (Å²) < 4.78 is 75.7. The Morgan fingerprint density at radius 3 is 1.12 bits per heavy atom. The monoisotopic (exact) mass is 1630 g/mol. The Kier molecular flexibility index (Phi) is 56.3. The molecule has 0 fully saturated rings. The number of esters is 2. The molecule has 0 radical (unpaired) electrons. The smallest absolute Gasteiger partial charge is 0.462 e. The van der Waals surface area contributed by atoms with E-state index in [1.807, 2.05) is 27.7 Å². The maximum absolute atomic E-state index is 14.4. The molecule has 0 saturated carbocycles. The third kappa shape index (κ3) is 40.0. The van der Waals surface area contributed by atoms with Crippen LogP contribution in [0.2, 0.25) is 18.1 Å². The van der Waals surface area contributed by atoms with Crippen LogP contribution in [-0.4, -0.2) is 270 Å². The molecular weight excluding hydrogens is 1480 g/mol. The fourth-order valence-corrected chi connectivity index (χ4v) is 18.2. The number of urea groups is 3. The summed E-state index contributed by atoms with van der Waals surface area (Å²) >= 11 is 0. The van der Waals surface area contributed by atoms with E-state index in [0.717, 1.165) is 55.9 Å². The largest absolute Gasteiger partial charge is 0.500 e. The van der Waals surface area contributed by atoms with Crippen molar-refractivity contribution in [3.05, 3.63) is 26.7 Å². The highest BCUT2D eigenvalue weighted by atomic mass is 28.4. The zero-order chi connectivity index (χ0) is 82.3. The van der Waals surface area contributed by atoms with Gasteiger partial charge in [-0.15, -0.1) is 0 Å². The first kappa shape index (κ1) is 103. The van der Waals surface area contributed by atoms with E-state index in [9.17, 15) is 48.9 Å². The predicted molar refractivity (Wildman–Crippen MR) is 427 cm³/mol. The Hall–Kier alpha value is -4.71. The van der Waals surface area contributed by atoms with Gasteiger partial charge in [0.1, 0.15) is 25.4 Å². The topological polar surface area (TPSA) is 372 Å². The van der Waals surface area contributed by atoms with Crippen molar-refractivity contribution >= 4 is 56.4 Å². The molecule has 6 N–H and O–H groups in total. The number of aromatic nitrogens is 2. The number of rotatable bonds is 69. The van der Waals surface area contributed by atoms with Crippen LogP contribution in [0.4, 0.5) is 14.4 Å². The van der Waals surface area contributed by atoms with Crippen LogP contribution in [0.25, 0.3) is 0 Å². The number of carbonyl (C=O) groups excluding carboxylic acids is 5. The van der Waals surface area contributed by atoms with Gasteiger partial charge in [-0.25, -0.2) is 38.1 Å². The number of ether oxygens (including phenoxy) is 3. The van der Waals surface area contributed by atoms with Gasteiger partial charge >= 0.3 is 73.6 Å². The van der Waals surface area contributed by atoms with Gasteiger partial charge in [-0.3, -0.25) is 9.59 Å². The van der Waals surface area contributed by atoms with Crippen molar-refractivity contribution < 1.29 is 97.8 Å². The molecule has 5 atom stereocenters. The first-order valence-corrected chi connectivity index (χ1v) is 46.4. The van der Waals surface area contributed by atoms with Crippen molar-refractivity contribution in [2.45, 2.75) is 271 Å². The fraction of sp³-hybridized carbons (Fsp3) is 0.893. The average molecular weight is 1630 g/mol. The van der Waals surface area contributed by atoms with Gasteiger partial charge in [0.2, 0.25) is 0 Å². The Morgan fingerprint density at radius 1 is 0.436 bits per heavy atom. The lowest BCUT2D eigenvalue weighted by molar-refractivity contribution is -0.160. The second-order valence-corrected chi connectivity index (χ2v) is 38.3. The summed E-state index contributed by atoms with van der Waals surface area (Å²) in [6, 6.07) is 0.149. The summed E-state index contributed by atoms with van der Waals surface area (Å²) in [5, 5.41) is 42.1. The fourth-order valence-electron chi connectivity index (χ4n) is 13.1. The third-order valence-corrected chi connectivity index (χ3v) is 28.6. The van der Waals surface area contributed by atoms with Gasteiger partial charge in [0, 0.05) is 148 Å². The summed E-state index contributed by atoms with van der Waals surface area (Å²) in [7, 11) is 4.86. The molecule has 0 aliphatic carbocycles. The number of hydrogen-bond acceptors (Lipinski definition) is 24. The molecule has 6 amide bonds. The summed E-state index contributed by atoms with van der Waals surface area (Å²) in [4.78, 5) is 105. The Labute approximate surface area is 660 Å². The van der Waals surface area contributed by atoms with Crippen molar-refractivity contribution in [1.29, 1.82) is 0 Å². The van der Waals surface area contributed by atoms with Crippen molar-refractivity contribution in [2.24, 2.45) is 15.8 Å². The highest BCUT2D eigenvalue weighted by molar-refractivity contribution is 6.61. The van der Waals surface area contributed by atoms with Crippen LogP contribution < -0.4 is 33.1 Å². The molecule has 0 bridgehead atoms. The maximum Gasteiger partial charge on any atom is 0.500 e. The molecule has 35 heteroatoms. The predicted octanol–water partition coefficient (Wildman–Crippen LogP) is 9.00. The minimum Gasteiger partial charge on any atom is -0.462 e. The summed E-state index contributed by atoms with van der Waals surface area (Å²) in [6.07, 6.45) is 15.3. The van der Waals surface area contributed by atoms with E-state index in [0.29, 0.717) is 173 Å². The molecule has 110 heavy (non-hydrogen) atoms. The van der Waals surface area contributed by atoms with E-state index in [1.165, 1.54) is 78.4 Å². The number of aliphatic hydroxyl groups excluding tert-OH is 3. The molecule has 0 aromatic carbocycles. The number of aliphatic hydroxyl groups is 3. The van der Waals surface area contributed by atoms with E-state index in [4.69, 9.17) is 58.5 Å². The van der Waals surface area contributed by atoms with E-state index >= 15 is 0 Å². The minimum atomic E-state index is -2.98. The molecule has 644 valence electrons. The number of unbranched alkanes of at least 4 members (excludes halogenated alkanes) is 12. The lowest BCUT2D eigenvalue weighted by Gasteiger charge is -2.29. The van der Waals surface area contributed by atoms with Crippen LogP contribution in [0.5, 0.6) is 0 Å². The van der Waals surface area contributed by atoms with Crippen LogP contribution in [0.15, 0.2) is 19.0 Å². The second kappa shape index (κ2) is 59.9. The highest BCUT2D eigenvalue weighted by Gasteiger charge is 2.41. The van der Waals surface area contributed by atoms with E-state index in [1.54, 1.807) is 4.90 Å². The molecule has 0 spiro atoms. The number of carbonyl (C=O) groups is 5. The third-order valence-electron chi connectivity index (χ3n) is 20.1. The van der Waals surface area contributed by atoms with Crippen LogP contribution in [-0.2, 0) is 76.7 Å². The van der Waals surface area contributed by atoms with Crippen LogP contribution in [0, 0.1) is 10.8 Å². The van der Waals surface area contributed by atoms with Gasteiger partial charge in [0.25, 0.3) is 0 Å². The zero-order valence-corrected chi connectivity index (χ0v) is 73.4. The number of amides is 6. The van der Waals surface area contributed by atoms with Crippen LogP contribution >= 0.6 is 0 Å². The lowest BCUT2D eigenvalue weighted by Crippen LogP contribution is -2.47. The molecule has 1 aromatic rings. The molecule has 0 saturated heterocycles. The average Bonchev–Trinajstić information content (AvgIpc) is 0.807.